The van der Waals surface area contributed by atoms with Crippen LogP contribution in [0.25, 0.3) is 0 Å². The monoisotopic (exact) mass is 250 g/mol. The summed E-state index contributed by atoms with van der Waals surface area (Å²) in [6.45, 7) is 3.44. The molecule has 18 heavy (non-hydrogen) atoms. The fourth-order valence-corrected chi connectivity index (χ4v) is 2.69. The van der Waals surface area contributed by atoms with E-state index in [0.29, 0.717) is 6.04 Å². The van der Waals surface area contributed by atoms with Gasteiger partial charge in [0.15, 0.2) is 0 Å². The van der Waals surface area contributed by atoms with E-state index >= 15 is 0 Å². The van der Waals surface area contributed by atoms with Crippen LogP contribution in [-0.4, -0.2) is 61.7 Å². The molecule has 1 saturated heterocycles. The molecule has 0 aromatic carbocycles. The molecule has 2 fully saturated rings. The van der Waals surface area contributed by atoms with Gasteiger partial charge in [-0.25, -0.2) is 0 Å². The van der Waals surface area contributed by atoms with E-state index < -0.39 is 0 Å². The van der Waals surface area contributed by atoms with Crippen LogP contribution < -0.4 is 5.32 Å². The molecule has 1 saturated carbocycles. The first-order valence-electron chi connectivity index (χ1n) is 7.23. The molecule has 0 aromatic heterocycles. The van der Waals surface area contributed by atoms with Crippen molar-refractivity contribution in [2.24, 2.45) is 0 Å². The molecule has 4 heteroatoms. The highest BCUT2D eigenvalue weighted by Crippen LogP contribution is 2.20. The van der Waals surface area contributed by atoms with Gasteiger partial charge in [0.2, 0.25) is 0 Å². The van der Waals surface area contributed by atoms with Gasteiger partial charge in [-0.3, -0.25) is 5.32 Å². The summed E-state index contributed by atoms with van der Waals surface area (Å²) in [4.78, 5) is 4.85. The predicted octanol–water partition coefficient (Wildman–Crippen LogP) is 1.05. The lowest BCUT2D eigenvalue weighted by Crippen LogP contribution is -2.43. The summed E-state index contributed by atoms with van der Waals surface area (Å²) < 4.78 is 0. The third kappa shape index (κ3) is 4.24. The van der Waals surface area contributed by atoms with Crippen molar-refractivity contribution in [1.29, 1.82) is 5.26 Å². The molecular formula is C14H26N4. The number of hydrogen-bond acceptors (Lipinski definition) is 4. The third-order valence-electron chi connectivity index (χ3n) is 4.19. The molecule has 0 amide bonds. The van der Waals surface area contributed by atoms with E-state index in [1.165, 1.54) is 38.8 Å². The van der Waals surface area contributed by atoms with E-state index in [2.05, 4.69) is 35.3 Å². The van der Waals surface area contributed by atoms with Gasteiger partial charge in [0.05, 0.1) is 12.1 Å². The maximum absolute atomic E-state index is 9.11. The lowest BCUT2D eigenvalue weighted by atomic mass is 10.0. The molecule has 2 aliphatic rings. The maximum atomic E-state index is 9.11. The standard InChI is InChI=1S/C14H26N4/c1-17(2)14-6-9-18(10-7-14)8-5-13(11-15)16-12-3-4-12/h12-14,16H,3-10H2,1-2H3. The van der Waals surface area contributed by atoms with E-state index in [4.69, 9.17) is 5.26 Å². The molecule has 4 nitrogen and oxygen atoms in total. The summed E-state index contributed by atoms with van der Waals surface area (Å²) in [6, 6.07) is 3.83. The summed E-state index contributed by atoms with van der Waals surface area (Å²) >= 11 is 0. The highest BCUT2D eigenvalue weighted by molar-refractivity contribution is 4.96. The molecule has 1 unspecified atom stereocenters. The molecule has 1 aliphatic carbocycles. The topological polar surface area (TPSA) is 42.3 Å². The summed E-state index contributed by atoms with van der Waals surface area (Å²) in [5.41, 5.74) is 0. The Morgan fingerprint density at radius 2 is 1.94 bits per heavy atom. The summed E-state index contributed by atoms with van der Waals surface area (Å²) in [5, 5.41) is 12.5. The van der Waals surface area contributed by atoms with Gasteiger partial charge in [-0.05, 0) is 59.3 Å². The van der Waals surface area contributed by atoms with Gasteiger partial charge in [-0.1, -0.05) is 0 Å². The average Bonchev–Trinajstić information content (AvgIpc) is 3.18. The Bertz CT molecular complexity index is 285. The summed E-state index contributed by atoms with van der Waals surface area (Å²) in [6.07, 6.45) is 6.01. The third-order valence-corrected chi connectivity index (χ3v) is 4.19. The van der Waals surface area contributed by atoms with Crippen LogP contribution in [0.4, 0.5) is 0 Å². The Kier molecular flexibility index (Phi) is 4.99. The van der Waals surface area contributed by atoms with Crippen LogP contribution >= 0.6 is 0 Å². The second kappa shape index (κ2) is 6.51. The number of nitrogens with one attached hydrogen (secondary N) is 1. The first kappa shape index (κ1) is 13.8. The van der Waals surface area contributed by atoms with Crippen molar-refractivity contribution in [2.45, 2.75) is 50.2 Å². The fraction of sp³-hybridized carbons (Fsp3) is 0.929. The second-order valence-electron chi connectivity index (χ2n) is 5.95. The molecule has 1 atom stereocenters. The van der Waals surface area contributed by atoms with Gasteiger partial charge in [-0.2, -0.15) is 5.26 Å². The first-order valence-corrected chi connectivity index (χ1v) is 7.23. The summed E-state index contributed by atoms with van der Waals surface area (Å²) in [5.74, 6) is 0. The van der Waals surface area contributed by atoms with Crippen LogP contribution in [0.5, 0.6) is 0 Å². The minimum absolute atomic E-state index is 0.0593. The SMILES string of the molecule is CN(C)C1CCN(CCC(C#N)NC2CC2)CC1. The first-order chi connectivity index (χ1) is 8.69. The van der Waals surface area contributed by atoms with Crippen molar-refractivity contribution >= 4 is 0 Å². The molecule has 0 radical (unpaired) electrons. The molecule has 1 N–H and O–H groups in total. The molecule has 0 bridgehead atoms. The highest BCUT2D eigenvalue weighted by Gasteiger charge is 2.25. The van der Waals surface area contributed by atoms with Gasteiger partial charge in [-0.15, -0.1) is 0 Å². The Morgan fingerprint density at radius 1 is 1.28 bits per heavy atom. The predicted molar refractivity (Wildman–Crippen MR) is 73.3 cm³/mol. The van der Waals surface area contributed by atoms with Gasteiger partial charge in [0.1, 0.15) is 0 Å². The number of nitriles is 1. The minimum Gasteiger partial charge on any atom is -0.306 e. The van der Waals surface area contributed by atoms with Gasteiger partial charge in [0, 0.05) is 18.6 Å². The van der Waals surface area contributed by atoms with E-state index in [9.17, 15) is 0 Å². The van der Waals surface area contributed by atoms with E-state index in [0.717, 1.165) is 19.0 Å². The number of rotatable bonds is 6. The van der Waals surface area contributed by atoms with Crippen LogP contribution in [0, 0.1) is 11.3 Å². The fourth-order valence-electron chi connectivity index (χ4n) is 2.69. The maximum Gasteiger partial charge on any atom is 0.0967 e. The zero-order valence-corrected chi connectivity index (χ0v) is 11.7. The van der Waals surface area contributed by atoms with Crippen molar-refractivity contribution in [3.63, 3.8) is 0 Å². The smallest absolute Gasteiger partial charge is 0.0967 e. The number of hydrogen-bond donors (Lipinski definition) is 1. The van der Waals surface area contributed by atoms with Gasteiger partial charge in [0.25, 0.3) is 0 Å². The molecular weight excluding hydrogens is 224 g/mol. The van der Waals surface area contributed by atoms with Crippen LogP contribution in [-0.2, 0) is 0 Å². The Morgan fingerprint density at radius 3 is 2.44 bits per heavy atom. The highest BCUT2D eigenvalue weighted by atomic mass is 15.2. The Balaban J connectivity index is 1.63. The van der Waals surface area contributed by atoms with E-state index in [1.54, 1.807) is 0 Å². The molecule has 0 spiro atoms. The van der Waals surface area contributed by atoms with Crippen molar-refractivity contribution < 1.29 is 0 Å². The van der Waals surface area contributed by atoms with Gasteiger partial charge < -0.3 is 9.80 Å². The molecule has 0 aromatic rings. The molecule has 1 heterocycles. The zero-order chi connectivity index (χ0) is 13.0. The molecule has 2 rings (SSSR count). The van der Waals surface area contributed by atoms with Crippen molar-refractivity contribution in [1.82, 2.24) is 15.1 Å². The zero-order valence-electron chi connectivity index (χ0n) is 11.7. The van der Waals surface area contributed by atoms with Crippen LogP contribution in [0.2, 0.25) is 0 Å². The average molecular weight is 250 g/mol. The lowest BCUT2D eigenvalue weighted by Gasteiger charge is -2.35. The minimum atomic E-state index is 0.0593. The number of piperidine rings is 1. The second-order valence-corrected chi connectivity index (χ2v) is 5.95. The Hall–Kier alpha value is -0.630. The quantitative estimate of drug-likeness (QED) is 0.765. The number of nitrogens with zero attached hydrogens (tertiary/aromatic N) is 3. The van der Waals surface area contributed by atoms with Crippen molar-refractivity contribution in [2.75, 3.05) is 33.7 Å². The van der Waals surface area contributed by atoms with E-state index in [1.807, 2.05) is 0 Å². The number of likely N-dealkylation sites (tertiary alicyclic amines) is 1. The van der Waals surface area contributed by atoms with Crippen LogP contribution in [0.3, 0.4) is 0 Å². The van der Waals surface area contributed by atoms with Crippen molar-refractivity contribution in [3.05, 3.63) is 0 Å². The van der Waals surface area contributed by atoms with Crippen LogP contribution in [0.15, 0.2) is 0 Å². The molecule has 1 aliphatic heterocycles. The van der Waals surface area contributed by atoms with Crippen LogP contribution in [0.1, 0.15) is 32.1 Å². The largest absolute Gasteiger partial charge is 0.306 e. The lowest BCUT2D eigenvalue weighted by molar-refractivity contribution is 0.142. The summed E-state index contributed by atoms with van der Waals surface area (Å²) in [7, 11) is 4.34. The normalized spacial score (nSPS) is 24.1. The van der Waals surface area contributed by atoms with Gasteiger partial charge >= 0.3 is 0 Å². The van der Waals surface area contributed by atoms with Crippen molar-refractivity contribution in [3.8, 4) is 6.07 Å². The Labute approximate surface area is 111 Å². The molecule has 102 valence electrons. The van der Waals surface area contributed by atoms with E-state index in [-0.39, 0.29) is 6.04 Å².